The first kappa shape index (κ1) is 12.2. The van der Waals surface area contributed by atoms with Crippen LogP contribution in [0.1, 0.15) is 29.6 Å². The van der Waals surface area contributed by atoms with Crippen LogP contribution in [0.5, 0.6) is 0 Å². The van der Waals surface area contributed by atoms with E-state index in [2.05, 4.69) is 16.6 Å². The van der Waals surface area contributed by atoms with Crippen molar-refractivity contribution < 1.29 is 4.79 Å². The van der Waals surface area contributed by atoms with E-state index in [1.54, 1.807) is 6.07 Å². The van der Waals surface area contributed by atoms with E-state index in [4.69, 9.17) is 0 Å². The lowest BCUT2D eigenvalue weighted by molar-refractivity contribution is 0.0943. The highest BCUT2D eigenvalue weighted by atomic mass is 32.2. The van der Waals surface area contributed by atoms with E-state index in [1.165, 1.54) is 31.5 Å². The Morgan fingerprint density at radius 3 is 2.76 bits per heavy atom. The topological polar surface area (TPSA) is 62.0 Å². The van der Waals surface area contributed by atoms with Gasteiger partial charge in [-0.25, -0.2) is 0 Å². The van der Waals surface area contributed by atoms with Crippen molar-refractivity contribution in [2.24, 2.45) is 0 Å². The minimum Gasteiger partial charge on any atom is -0.351 e. The van der Waals surface area contributed by atoms with Crippen molar-refractivity contribution >= 4 is 17.7 Å². The Hall–Kier alpha value is -1.23. The minimum absolute atomic E-state index is 0.124. The van der Waals surface area contributed by atoms with Crippen molar-refractivity contribution in [3.8, 4) is 0 Å². The van der Waals surface area contributed by atoms with Gasteiger partial charge in [0, 0.05) is 23.6 Å². The summed E-state index contributed by atoms with van der Waals surface area (Å²) in [7, 11) is 0. The molecule has 17 heavy (non-hydrogen) atoms. The Kier molecular flexibility index (Phi) is 3.57. The maximum Gasteiger partial charge on any atom is 0.252 e. The number of rotatable bonds is 4. The van der Waals surface area contributed by atoms with Crippen LogP contribution in [0.3, 0.4) is 0 Å². The number of thioether (sulfide) groups is 1. The van der Waals surface area contributed by atoms with E-state index in [0.717, 1.165) is 0 Å². The van der Waals surface area contributed by atoms with E-state index in [-0.39, 0.29) is 16.2 Å². The number of carbonyl (C=O) groups excluding carboxylic acids is 1. The highest BCUT2D eigenvalue weighted by Crippen LogP contribution is 2.42. The normalized spacial score (nSPS) is 17.2. The van der Waals surface area contributed by atoms with E-state index in [9.17, 15) is 9.59 Å². The molecule has 1 amide bonds. The number of carbonyl (C=O) groups is 1. The number of hydrogen-bond donors (Lipinski definition) is 2. The molecule has 0 bridgehead atoms. The van der Waals surface area contributed by atoms with Crippen LogP contribution >= 0.6 is 11.8 Å². The van der Waals surface area contributed by atoms with Crippen LogP contribution < -0.4 is 10.9 Å². The van der Waals surface area contributed by atoms with Crippen molar-refractivity contribution in [3.63, 3.8) is 0 Å². The molecule has 5 heteroatoms. The number of amides is 1. The van der Waals surface area contributed by atoms with E-state index in [0.29, 0.717) is 12.1 Å². The van der Waals surface area contributed by atoms with E-state index >= 15 is 0 Å². The van der Waals surface area contributed by atoms with Crippen LogP contribution in [0, 0.1) is 0 Å². The summed E-state index contributed by atoms with van der Waals surface area (Å²) in [6.07, 6.45) is 7.12. The molecule has 1 aromatic rings. The molecule has 0 radical (unpaired) electrons. The molecule has 1 saturated carbocycles. The highest BCUT2D eigenvalue weighted by Gasteiger charge is 2.36. The maximum atomic E-state index is 11.8. The van der Waals surface area contributed by atoms with Crippen LogP contribution in [-0.4, -0.2) is 28.4 Å². The standard InChI is InChI=1S/C12H16N2O2S/c1-17-12(5-2-6-12)8-14-11(16)9-3-4-10(15)13-7-9/h3-4,7H,2,5-6,8H2,1H3,(H,13,15)(H,14,16). The van der Waals surface area contributed by atoms with Gasteiger partial charge in [-0.15, -0.1) is 0 Å². The number of aromatic amines is 1. The first-order valence-electron chi connectivity index (χ1n) is 5.67. The fourth-order valence-electron chi connectivity index (χ4n) is 1.92. The van der Waals surface area contributed by atoms with Crippen molar-refractivity contribution in [2.45, 2.75) is 24.0 Å². The van der Waals surface area contributed by atoms with Gasteiger partial charge in [-0.1, -0.05) is 6.42 Å². The fraction of sp³-hybridized carbons (Fsp3) is 0.500. The molecule has 0 atom stereocenters. The van der Waals surface area contributed by atoms with Gasteiger partial charge in [-0.3, -0.25) is 9.59 Å². The van der Waals surface area contributed by atoms with Crippen LogP contribution in [0.25, 0.3) is 0 Å². The van der Waals surface area contributed by atoms with Crippen molar-refractivity contribution in [1.29, 1.82) is 0 Å². The summed E-state index contributed by atoms with van der Waals surface area (Å²) in [6, 6.07) is 2.91. The maximum absolute atomic E-state index is 11.8. The number of nitrogens with one attached hydrogen (secondary N) is 2. The second kappa shape index (κ2) is 4.96. The molecule has 1 aromatic heterocycles. The zero-order valence-electron chi connectivity index (χ0n) is 9.79. The van der Waals surface area contributed by atoms with Crippen molar-refractivity contribution in [1.82, 2.24) is 10.3 Å². The molecular formula is C12H16N2O2S. The molecule has 92 valence electrons. The third-order valence-electron chi connectivity index (χ3n) is 3.32. The summed E-state index contributed by atoms with van der Waals surface area (Å²) in [5, 5.41) is 2.93. The zero-order valence-corrected chi connectivity index (χ0v) is 10.6. The molecule has 1 heterocycles. The predicted molar refractivity (Wildman–Crippen MR) is 69.5 cm³/mol. The van der Waals surface area contributed by atoms with Crippen molar-refractivity contribution in [2.75, 3.05) is 12.8 Å². The molecular weight excluding hydrogens is 236 g/mol. The predicted octanol–water partition coefficient (Wildman–Crippen LogP) is 1.39. The average molecular weight is 252 g/mol. The summed E-state index contributed by atoms with van der Waals surface area (Å²) >= 11 is 1.83. The number of aromatic nitrogens is 1. The summed E-state index contributed by atoms with van der Waals surface area (Å²) in [5.74, 6) is -0.124. The smallest absolute Gasteiger partial charge is 0.252 e. The number of pyridine rings is 1. The van der Waals surface area contributed by atoms with Gasteiger partial charge < -0.3 is 10.3 Å². The molecule has 2 rings (SSSR count). The van der Waals surface area contributed by atoms with Crippen LogP contribution in [0.15, 0.2) is 23.1 Å². The molecule has 0 spiro atoms. The molecule has 1 fully saturated rings. The lowest BCUT2D eigenvalue weighted by Crippen LogP contribution is -2.45. The SMILES string of the molecule is CSC1(CNC(=O)c2ccc(=O)[nH]c2)CCC1. The minimum atomic E-state index is -0.193. The van der Waals surface area contributed by atoms with Gasteiger partial charge in [0.15, 0.2) is 0 Å². The average Bonchev–Trinajstić information content (AvgIpc) is 2.29. The Bertz CT molecular complexity index is 440. The summed E-state index contributed by atoms with van der Waals surface area (Å²) in [5.41, 5.74) is 0.307. The monoisotopic (exact) mass is 252 g/mol. The lowest BCUT2D eigenvalue weighted by Gasteiger charge is -2.40. The Balaban J connectivity index is 1.93. The van der Waals surface area contributed by atoms with E-state index < -0.39 is 0 Å². The quantitative estimate of drug-likeness (QED) is 0.851. The summed E-state index contributed by atoms with van der Waals surface area (Å²) in [4.78, 5) is 25.2. The van der Waals surface area contributed by atoms with Crippen LogP contribution in [-0.2, 0) is 0 Å². The van der Waals surface area contributed by atoms with Gasteiger partial charge in [0.1, 0.15) is 0 Å². The van der Waals surface area contributed by atoms with Gasteiger partial charge in [0.2, 0.25) is 5.56 Å². The third-order valence-corrected chi connectivity index (χ3v) is 4.73. The molecule has 0 aromatic carbocycles. The van der Waals surface area contributed by atoms with Crippen LogP contribution in [0.2, 0.25) is 0 Å². The van der Waals surface area contributed by atoms with Crippen LogP contribution in [0.4, 0.5) is 0 Å². The molecule has 1 aliphatic rings. The van der Waals surface area contributed by atoms with Gasteiger partial charge in [0.05, 0.1) is 5.56 Å². The number of H-pyrrole nitrogens is 1. The second-order valence-electron chi connectivity index (χ2n) is 4.36. The zero-order chi connectivity index (χ0) is 12.3. The lowest BCUT2D eigenvalue weighted by atomic mass is 9.84. The first-order valence-corrected chi connectivity index (χ1v) is 6.90. The van der Waals surface area contributed by atoms with Crippen molar-refractivity contribution in [3.05, 3.63) is 34.2 Å². The molecule has 0 aliphatic heterocycles. The molecule has 0 unspecified atom stereocenters. The molecule has 1 aliphatic carbocycles. The molecule has 4 nitrogen and oxygen atoms in total. The fourth-order valence-corrected chi connectivity index (χ4v) is 2.83. The third kappa shape index (κ3) is 2.72. The Labute approximate surface area is 104 Å². The largest absolute Gasteiger partial charge is 0.351 e. The first-order chi connectivity index (χ1) is 8.15. The summed E-state index contributed by atoms with van der Waals surface area (Å²) in [6.45, 7) is 0.701. The Morgan fingerprint density at radius 2 is 2.29 bits per heavy atom. The highest BCUT2D eigenvalue weighted by molar-refractivity contribution is 8.00. The van der Waals surface area contributed by atoms with Gasteiger partial charge >= 0.3 is 0 Å². The van der Waals surface area contributed by atoms with Gasteiger partial charge in [-0.2, -0.15) is 11.8 Å². The Morgan fingerprint density at radius 1 is 1.53 bits per heavy atom. The van der Waals surface area contributed by atoms with E-state index in [1.807, 2.05) is 11.8 Å². The van der Waals surface area contributed by atoms with Gasteiger partial charge in [0.25, 0.3) is 5.91 Å². The molecule has 2 N–H and O–H groups in total. The molecule has 0 saturated heterocycles. The summed E-state index contributed by atoms with van der Waals surface area (Å²) < 4.78 is 0.234. The second-order valence-corrected chi connectivity index (χ2v) is 5.64. The van der Waals surface area contributed by atoms with Gasteiger partial charge in [-0.05, 0) is 25.2 Å². The number of hydrogen-bond acceptors (Lipinski definition) is 3.